The highest BCUT2D eigenvalue weighted by molar-refractivity contribution is 6.08. The number of rotatable bonds is 3. The molecule has 216 valence electrons. The second-order valence-corrected chi connectivity index (χ2v) is 12.4. The van der Waals surface area contributed by atoms with E-state index in [0.717, 1.165) is 22.4 Å². The number of aliphatic imine (C=N–C) groups is 1. The van der Waals surface area contributed by atoms with Crippen LogP contribution in [0.25, 0.3) is 27.6 Å². The van der Waals surface area contributed by atoms with Gasteiger partial charge >= 0.3 is 0 Å². The summed E-state index contributed by atoms with van der Waals surface area (Å²) in [6, 6.07) is 28.6. The maximum absolute atomic E-state index is 5.03. The Hall–Kier alpha value is -5.49. The molecule has 1 saturated heterocycles. The van der Waals surface area contributed by atoms with Crippen molar-refractivity contribution in [2.75, 3.05) is 9.80 Å². The van der Waals surface area contributed by atoms with E-state index in [9.17, 15) is 0 Å². The van der Waals surface area contributed by atoms with Crippen LogP contribution in [0.1, 0.15) is 11.6 Å². The van der Waals surface area contributed by atoms with Crippen LogP contribution in [0.5, 0.6) is 0 Å². The van der Waals surface area contributed by atoms with Crippen LogP contribution in [-0.2, 0) is 0 Å². The summed E-state index contributed by atoms with van der Waals surface area (Å²) in [6.45, 7) is 0. The zero-order valence-corrected chi connectivity index (χ0v) is 24.5. The van der Waals surface area contributed by atoms with E-state index in [2.05, 4.69) is 136 Å². The van der Waals surface area contributed by atoms with Crippen LogP contribution in [0, 0.1) is 5.92 Å². The van der Waals surface area contributed by atoms with E-state index < -0.39 is 0 Å². The molecule has 0 N–H and O–H groups in total. The normalized spacial score (nSPS) is 27.4. The number of anilines is 2. The molecular weight excluding hydrogens is 552 g/mol. The van der Waals surface area contributed by atoms with Gasteiger partial charge in [-0.25, -0.2) is 0 Å². The predicted molar refractivity (Wildman–Crippen MR) is 183 cm³/mol. The summed E-state index contributed by atoms with van der Waals surface area (Å²) in [4.78, 5) is 19.8. The van der Waals surface area contributed by atoms with Crippen molar-refractivity contribution in [2.45, 2.75) is 30.1 Å². The number of benzene rings is 2. The zero-order chi connectivity index (χ0) is 29.5. The summed E-state index contributed by atoms with van der Waals surface area (Å²) < 4.78 is 2.35. The van der Waals surface area contributed by atoms with E-state index >= 15 is 0 Å². The first-order valence-corrected chi connectivity index (χ1v) is 15.8. The van der Waals surface area contributed by atoms with E-state index in [-0.39, 0.29) is 36.0 Å². The van der Waals surface area contributed by atoms with Crippen molar-refractivity contribution in [3.8, 4) is 0 Å². The Morgan fingerprint density at radius 3 is 2.40 bits per heavy atom. The lowest BCUT2D eigenvalue weighted by Crippen LogP contribution is -2.38. The fourth-order valence-corrected chi connectivity index (χ4v) is 8.35. The van der Waals surface area contributed by atoms with E-state index in [0.29, 0.717) is 0 Å². The molecule has 3 aliphatic heterocycles. The largest absolute Gasteiger partial charge is 0.356 e. The standard InChI is InChI=1S/C39H30N6/c1-2-9-25(10-3-1)43-32-18-16-27(24-29(32)38-35(43)14-7-21-41-38)45-33-19-17-26(23-30(33)39-36(45)15-8-22-42-39)44-31-12-5-4-11-28(31)37-34(44)13-6-20-40-37/h1-24,29-30,32-33,35,38H. The predicted octanol–water partition coefficient (Wildman–Crippen LogP) is 7.30. The number of pyridine rings is 2. The minimum absolute atomic E-state index is 0.119. The maximum atomic E-state index is 5.03. The molecule has 0 radical (unpaired) electrons. The van der Waals surface area contributed by atoms with Crippen LogP contribution in [-0.4, -0.2) is 44.9 Å². The Labute approximate surface area is 261 Å². The number of hydrogen-bond acceptors (Lipinski definition) is 5. The van der Waals surface area contributed by atoms with Crippen molar-refractivity contribution in [1.82, 2.24) is 14.5 Å². The molecule has 2 aliphatic carbocycles. The molecule has 6 atom stereocenters. The van der Waals surface area contributed by atoms with Gasteiger partial charge in [0.15, 0.2) is 0 Å². The Morgan fingerprint density at radius 2 is 1.44 bits per heavy atom. The number of para-hydroxylation sites is 2. The van der Waals surface area contributed by atoms with Gasteiger partial charge in [0.1, 0.15) is 0 Å². The summed E-state index contributed by atoms with van der Waals surface area (Å²) in [5.74, 6) is 0.383. The average molecular weight is 583 g/mol. The van der Waals surface area contributed by atoms with Gasteiger partial charge in [-0.1, -0.05) is 60.7 Å². The van der Waals surface area contributed by atoms with E-state index in [1.54, 1.807) is 0 Å². The Bertz CT molecular complexity index is 2130. The Balaban J connectivity index is 1.06. The first-order chi connectivity index (χ1) is 22.3. The Morgan fingerprint density at radius 1 is 0.644 bits per heavy atom. The molecule has 5 aliphatic rings. The number of hydrogen-bond donors (Lipinski definition) is 0. The molecule has 5 aromatic rings. The van der Waals surface area contributed by atoms with Gasteiger partial charge < -0.3 is 14.4 Å². The molecule has 6 nitrogen and oxygen atoms in total. The molecule has 3 aromatic heterocycles. The summed E-state index contributed by atoms with van der Waals surface area (Å²) in [6.07, 6.45) is 24.5. The first kappa shape index (κ1) is 24.9. The number of aromatic nitrogens is 3. The number of nitrogens with zero attached hydrogens (tertiary/aromatic N) is 6. The second-order valence-electron chi connectivity index (χ2n) is 12.4. The zero-order valence-electron chi connectivity index (χ0n) is 24.5. The minimum atomic E-state index is 0.119. The highest BCUT2D eigenvalue weighted by Crippen LogP contribution is 2.49. The summed E-state index contributed by atoms with van der Waals surface area (Å²) in [7, 11) is 0. The molecule has 2 aromatic carbocycles. The monoisotopic (exact) mass is 582 g/mol. The quantitative estimate of drug-likeness (QED) is 0.224. The molecule has 45 heavy (non-hydrogen) atoms. The summed E-state index contributed by atoms with van der Waals surface area (Å²) in [5, 5.41) is 1.17. The van der Waals surface area contributed by atoms with E-state index in [1.807, 2.05) is 24.7 Å². The van der Waals surface area contributed by atoms with Crippen LogP contribution in [0.3, 0.4) is 0 Å². The summed E-state index contributed by atoms with van der Waals surface area (Å²) in [5.41, 5.74) is 9.23. The second kappa shape index (κ2) is 9.50. The van der Waals surface area contributed by atoms with Crippen molar-refractivity contribution in [3.63, 3.8) is 0 Å². The third kappa shape index (κ3) is 3.53. The van der Waals surface area contributed by atoms with Gasteiger partial charge in [0.05, 0.1) is 52.1 Å². The highest BCUT2D eigenvalue weighted by atomic mass is 15.3. The number of dihydropyridines is 1. The minimum Gasteiger partial charge on any atom is -0.356 e. The SMILES string of the molecule is C1=CC2C(N=C1)C1C=C(N3c4cccnc4C4C=C(n5c6ccccc6c6ncccc65)C=CC43)C=CC1N2c1ccccc1. The maximum Gasteiger partial charge on any atom is 0.0963 e. The molecule has 6 unspecified atom stereocenters. The molecule has 6 heteroatoms. The third-order valence-electron chi connectivity index (χ3n) is 10.2. The van der Waals surface area contributed by atoms with Gasteiger partial charge in [-0.05, 0) is 66.8 Å². The van der Waals surface area contributed by atoms with Crippen molar-refractivity contribution in [3.05, 3.63) is 151 Å². The fraction of sp³-hybridized carbons (Fsp3) is 0.154. The average Bonchev–Trinajstić information content (AvgIpc) is 3.74. The fourth-order valence-electron chi connectivity index (χ4n) is 8.35. The van der Waals surface area contributed by atoms with Gasteiger partial charge in [0.25, 0.3) is 0 Å². The molecule has 0 bridgehead atoms. The van der Waals surface area contributed by atoms with Crippen molar-refractivity contribution >= 4 is 45.2 Å². The molecule has 1 fully saturated rings. The first-order valence-electron chi connectivity index (χ1n) is 15.8. The van der Waals surface area contributed by atoms with E-state index in [1.165, 1.54) is 28.0 Å². The lowest BCUT2D eigenvalue weighted by molar-refractivity contribution is 0.549. The van der Waals surface area contributed by atoms with Crippen LogP contribution in [0.4, 0.5) is 11.4 Å². The molecule has 6 heterocycles. The molecular formula is C39H30N6. The number of allylic oxidation sites excluding steroid dienone is 4. The van der Waals surface area contributed by atoms with Crippen molar-refractivity contribution < 1.29 is 0 Å². The van der Waals surface area contributed by atoms with Gasteiger partial charge in [-0.15, -0.1) is 0 Å². The molecule has 10 rings (SSSR count). The van der Waals surface area contributed by atoms with Gasteiger partial charge in [-0.3, -0.25) is 15.0 Å². The van der Waals surface area contributed by atoms with Crippen LogP contribution in [0.15, 0.2) is 151 Å². The van der Waals surface area contributed by atoms with Gasteiger partial charge in [-0.2, -0.15) is 0 Å². The molecule has 0 amide bonds. The van der Waals surface area contributed by atoms with Crippen LogP contribution in [0.2, 0.25) is 0 Å². The van der Waals surface area contributed by atoms with Gasteiger partial charge in [0.2, 0.25) is 0 Å². The van der Waals surface area contributed by atoms with Crippen molar-refractivity contribution in [1.29, 1.82) is 0 Å². The van der Waals surface area contributed by atoms with Crippen molar-refractivity contribution in [2.24, 2.45) is 10.9 Å². The third-order valence-corrected chi connectivity index (χ3v) is 10.2. The lowest BCUT2D eigenvalue weighted by atomic mass is 9.88. The smallest absolute Gasteiger partial charge is 0.0963 e. The lowest BCUT2D eigenvalue weighted by Gasteiger charge is -2.35. The number of fused-ring (bicyclic) bond motifs is 9. The summed E-state index contributed by atoms with van der Waals surface area (Å²) >= 11 is 0. The van der Waals surface area contributed by atoms with Crippen LogP contribution >= 0.6 is 0 Å². The highest BCUT2D eigenvalue weighted by Gasteiger charge is 2.49. The topological polar surface area (TPSA) is 49.6 Å². The van der Waals surface area contributed by atoms with Gasteiger partial charge in [0, 0.05) is 52.9 Å². The molecule has 0 spiro atoms. The van der Waals surface area contributed by atoms with Crippen LogP contribution < -0.4 is 9.80 Å². The van der Waals surface area contributed by atoms with E-state index in [4.69, 9.17) is 15.0 Å². The Kier molecular flexibility index (Phi) is 5.26. The molecule has 0 saturated carbocycles.